The molecule has 1 fully saturated rings. The topological polar surface area (TPSA) is 33.0 Å². The summed E-state index contributed by atoms with van der Waals surface area (Å²) in [4.78, 5) is 0. The molecule has 0 aromatic carbocycles. The molecular weight excluding hydrogens is 173 g/mol. The van der Waals surface area contributed by atoms with Gasteiger partial charge in [0.25, 0.3) is 0 Å². The molecule has 60 valence electrons. The summed E-state index contributed by atoms with van der Waals surface area (Å²) in [6.07, 6.45) is 3.03. The predicted molar refractivity (Wildman–Crippen MR) is 43.7 cm³/mol. The third-order valence-corrected chi connectivity index (χ3v) is 1.34. The van der Waals surface area contributed by atoms with E-state index in [1.54, 1.807) is 0 Å². The molecule has 1 saturated heterocycles. The number of halogens is 2. The van der Waals surface area contributed by atoms with Crippen molar-refractivity contribution in [3.05, 3.63) is 0 Å². The zero-order valence-electron chi connectivity index (χ0n) is 5.58. The lowest BCUT2D eigenvalue weighted by Crippen LogP contribution is -2.01. The average molecular weight is 184 g/mol. The minimum atomic E-state index is 0. The monoisotopic (exact) mass is 183 g/mol. The van der Waals surface area contributed by atoms with E-state index in [1.807, 2.05) is 0 Å². The first-order valence-electron chi connectivity index (χ1n) is 2.92. The van der Waals surface area contributed by atoms with E-state index in [0.29, 0.717) is 6.42 Å². The van der Waals surface area contributed by atoms with Gasteiger partial charge in [-0.2, -0.15) is 5.26 Å². The molecule has 1 unspecified atom stereocenters. The van der Waals surface area contributed by atoms with Crippen molar-refractivity contribution in [3.63, 3.8) is 0 Å². The Kier molecular flexibility index (Phi) is 9.06. The fourth-order valence-electron chi connectivity index (χ4n) is 0.907. The first-order valence-corrected chi connectivity index (χ1v) is 2.92. The van der Waals surface area contributed by atoms with Gasteiger partial charge in [-0.05, 0) is 12.8 Å². The highest BCUT2D eigenvalue weighted by Crippen LogP contribution is 2.13. The molecular formula is C6H11Cl2NO. The smallest absolute Gasteiger partial charge is 0.0705 e. The molecule has 1 rings (SSSR count). The normalized spacial score (nSPS) is 22.1. The van der Waals surface area contributed by atoms with E-state index in [-0.39, 0.29) is 30.9 Å². The number of nitrogens with zero attached hydrogens (tertiary/aromatic N) is 1. The van der Waals surface area contributed by atoms with Gasteiger partial charge in [-0.15, -0.1) is 24.8 Å². The molecule has 0 aromatic rings. The van der Waals surface area contributed by atoms with E-state index in [9.17, 15) is 0 Å². The number of nitriles is 1. The molecule has 1 aliphatic rings. The Morgan fingerprint density at radius 1 is 1.50 bits per heavy atom. The van der Waals surface area contributed by atoms with Crippen LogP contribution in [0.4, 0.5) is 0 Å². The first-order chi connectivity index (χ1) is 3.93. The second-order valence-corrected chi connectivity index (χ2v) is 2.00. The maximum absolute atomic E-state index is 8.20. The summed E-state index contributed by atoms with van der Waals surface area (Å²) >= 11 is 0. The first kappa shape index (κ1) is 12.7. The van der Waals surface area contributed by atoms with E-state index < -0.39 is 0 Å². The van der Waals surface area contributed by atoms with Gasteiger partial charge in [-0.25, -0.2) is 0 Å². The van der Waals surface area contributed by atoms with E-state index in [4.69, 9.17) is 10.00 Å². The molecule has 0 amide bonds. The van der Waals surface area contributed by atoms with Crippen LogP contribution in [0.15, 0.2) is 0 Å². The minimum Gasteiger partial charge on any atom is -0.377 e. The molecule has 1 heterocycles. The Bertz CT molecular complexity index is 107. The van der Waals surface area contributed by atoms with Crippen LogP contribution in [0.25, 0.3) is 0 Å². The quantitative estimate of drug-likeness (QED) is 0.623. The van der Waals surface area contributed by atoms with Crippen LogP contribution in [-0.4, -0.2) is 12.7 Å². The highest BCUT2D eigenvalue weighted by atomic mass is 35.5. The molecule has 1 aliphatic heterocycles. The third-order valence-electron chi connectivity index (χ3n) is 1.34. The van der Waals surface area contributed by atoms with E-state index in [2.05, 4.69) is 6.07 Å². The number of ether oxygens (including phenoxy) is 1. The Morgan fingerprint density at radius 3 is 2.60 bits per heavy atom. The van der Waals surface area contributed by atoms with E-state index in [0.717, 1.165) is 19.4 Å². The van der Waals surface area contributed by atoms with Crippen LogP contribution in [0.2, 0.25) is 0 Å². The second-order valence-electron chi connectivity index (χ2n) is 2.00. The fourth-order valence-corrected chi connectivity index (χ4v) is 0.907. The van der Waals surface area contributed by atoms with Gasteiger partial charge in [0.1, 0.15) is 0 Å². The zero-order valence-corrected chi connectivity index (χ0v) is 7.21. The van der Waals surface area contributed by atoms with Crippen LogP contribution >= 0.6 is 24.8 Å². The van der Waals surface area contributed by atoms with Crippen LogP contribution in [0.3, 0.4) is 0 Å². The minimum absolute atomic E-state index is 0. The summed E-state index contributed by atoms with van der Waals surface area (Å²) < 4.78 is 5.17. The lowest BCUT2D eigenvalue weighted by atomic mass is 10.2. The summed E-state index contributed by atoms with van der Waals surface area (Å²) in [6, 6.07) is 2.08. The zero-order chi connectivity index (χ0) is 5.82. The maximum atomic E-state index is 8.20. The molecule has 0 radical (unpaired) electrons. The maximum Gasteiger partial charge on any atom is 0.0705 e. The van der Waals surface area contributed by atoms with Crippen molar-refractivity contribution < 1.29 is 4.74 Å². The highest BCUT2D eigenvalue weighted by Gasteiger charge is 2.13. The Hall–Kier alpha value is 0.0300. The molecule has 4 heteroatoms. The van der Waals surface area contributed by atoms with Crippen molar-refractivity contribution in [2.75, 3.05) is 6.61 Å². The Morgan fingerprint density at radius 2 is 2.20 bits per heavy atom. The van der Waals surface area contributed by atoms with Crippen LogP contribution in [0.5, 0.6) is 0 Å². The molecule has 10 heavy (non-hydrogen) atoms. The van der Waals surface area contributed by atoms with Gasteiger partial charge in [0.2, 0.25) is 0 Å². The molecule has 0 aromatic heterocycles. The van der Waals surface area contributed by atoms with Crippen molar-refractivity contribution in [1.82, 2.24) is 0 Å². The van der Waals surface area contributed by atoms with Crippen LogP contribution < -0.4 is 0 Å². The van der Waals surface area contributed by atoms with Crippen LogP contribution in [-0.2, 0) is 4.74 Å². The van der Waals surface area contributed by atoms with Gasteiger partial charge >= 0.3 is 0 Å². The van der Waals surface area contributed by atoms with Crippen molar-refractivity contribution in [1.29, 1.82) is 5.26 Å². The van der Waals surface area contributed by atoms with Gasteiger partial charge in [0.05, 0.1) is 18.6 Å². The fraction of sp³-hybridized carbons (Fsp3) is 0.833. The summed E-state index contributed by atoms with van der Waals surface area (Å²) in [5.41, 5.74) is 0. The number of rotatable bonds is 1. The lowest BCUT2D eigenvalue weighted by Gasteiger charge is -1.99. The summed E-state index contributed by atoms with van der Waals surface area (Å²) in [7, 11) is 0. The predicted octanol–water partition coefficient (Wildman–Crippen LogP) is 1.92. The second kappa shape index (κ2) is 7.14. The van der Waals surface area contributed by atoms with E-state index in [1.165, 1.54) is 0 Å². The summed E-state index contributed by atoms with van der Waals surface area (Å²) in [5, 5.41) is 8.20. The van der Waals surface area contributed by atoms with E-state index >= 15 is 0 Å². The average Bonchev–Trinajstić information content (AvgIpc) is 2.19. The van der Waals surface area contributed by atoms with Crippen LogP contribution in [0.1, 0.15) is 19.3 Å². The molecule has 0 bridgehead atoms. The Balaban J connectivity index is 0. The van der Waals surface area contributed by atoms with Crippen LogP contribution in [0, 0.1) is 11.3 Å². The largest absolute Gasteiger partial charge is 0.377 e. The van der Waals surface area contributed by atoms with Gasteiger partial charge in [0, 0.05) is 6.61 Å². The van der Waals surface area contributed by atoms with Gasteiger partial charge in [-0.1, -0.05) is 0 Å². The van der Waals surface area contributed by atoms with Crippen molar-refractivity contribution in [2.45, 2.75) is 25.4 Å². The number of hydrogen-bond acceptors (Lipinski definition) is 2. The van der Waals surface area contributed by atoms with Gasteiger partial charge < -0.3 is 4.74 Å². The molecule has 0 N–H and O–H groups in total. The molecule has 2 nitrogen and oxygen atoms in total. The van der Waals surface area contributed by atoms with Gasteiger partial charge in [0.15, 0.2) is 0 Å². The van der Waals surface area contributed by atoms with Gasteiger partial charge in [-0.3, -0.25) is 0 Å². The number of hydrogen-bond donors (Lipinski definition) is 0. The van der Waals surface area contributed by atoms with Crippen molar-refractivity contribution in [3.8, 4) is 6.07 Å². The standard InChI is InChI=1S/C6H9NO.2ClH/c7-4-3-6-2-1-5-8-6;;/h6H,1-3,5H2;2*1H. The molecule has 0 aliphatic carbocycles. The molecule has 1 atom stereocenters. The highest BCUT2D eigenvalue weighted by molar-refractivity contribution is 5.85. The molecule has 0 saturated carbocycles. The van der Waals surface area contributed by atoms with Crippen molar-refractivity contribution in [2.24, 2.45) is 0 Å². The Labute approximate surface area is 73.4 Å². The van der Waals surface area contributed by atoms with Crippen molar-refractivity contribution >= 4 is 24.8 Å². The summed E-state index contributed by atoms with van der Waals surface area (Å²) in [6.45, 7) is 0.854. The SMILES string of the molecule is Cl.Cl.N#CCC1CCCO1. The summed E-state index contributed by atoms with van der Waals surface area (Å²) in [5.74, 6) is 0. The lowest BCUT2D eigenvalue weighted by molar-refractivity contribution is 0.115. The molecule has 0 spiro atoms. The third kappa shape index (κ3) is 3.94.